The molecule has 0 spiro atoms. The highest BCUT2D eigenvalue weighted by molar-refractivity contribution is 5.86. The lowest BCUT2D eigenvalue weighted by Crippen LogP contribution is -2.65. The summed E-state index contributed by atoms with van der Waals surface area (Å²) in [6.07, 6.45) is -15.9. The minimum atomic E-state index is -1.77. The molecule has 2 aliphatic heterocycles. The Kier molecular flexibility index (Phi) is 7.73. The highest BCUT2D eigenvalue weighted by atomic mass is 16.7. The molecule has 4 rings (SSSR count). The third-order valence-corrected chi connectivity index (χ3v) is 6.14. The van der Waals surface area contributed by atoms with Gasteiger partial charge in [-0.15, -0.1) is 0 Å². The van der Waals surface area contributed by atoms with Crippen LogP contribution in [0.3, 0.4) is 0 Å². The van der Waals surface area contributed by atoms with Gasteiger partial charge in [-0.3, -0.25) is 0 Å². The van der Waals surface area contributed by atoms with Crippen LogP contribution in [0.1, 0.15) is 5.56 Å². The number of fused-ring (bicyclic) bond motifs is 1. The number of ether oxygens (including phenoxy) is 4. The molecule has 35 heavy (non-hydrogen) atoms. The van der Waals surface area contributed by atoms with Gasteiger partial charge >= 0.3 is 5.63 Å². The summed E-state index contributed by atoms with van der Waals surface area (Å²) in [4.78, 5) is 12.0. The number of aryl methyl sites for hydroxylation is 1. The molecule has 2 aromatic rings. The standard InChI is InChI=1S/C22H28O13/c1-8-3-2-4-9-14(8)10(5-13(25)31-9)32-21-19(30)17(28)20(12(7-24)34-21)35-22-18(29)16(27)15(26)11(6-23)33-22/h2-5,11-12,15-24,26-30H,6-7H2,1H3/t11-,12-,15-,16+,17-,18-,19-,20-,21+,22-/m1/s1. The van der Waals surface area contributed by atoms with Crippen LogP contribution in [-0.2, 0) is 14.2 Å². The Bertz CT molecular complexity index is 1070. The fraction of sp³-hybridized carbons (Fsp3) is 0.591. The van der Waals surface area contributed by atoms with E-state index in [1.807, 2.05) is 0 Å². The van der Waals surface area contributed by atoms with Gasteiger partial charge in [0.25, 0.3) is 0 Å². The molecule has 0 unspecified atom stereocenters. The predicted octanol–water partition coefficient (Wildman–Crippen LogP) is -2.90. The average Bonchev–Trinajstić information content (AvgIpc) is 2.83. The van der Waals surface area contributed by atoms with Crippen molar-refractivity contribution in [2.75, 3.05) is 13.2 Å². The second kappa shape index (κ2) is 10.4. The summed E-state index contributed by atoms with van der Waals surface area (Å²) in [5.74, 6) is 0.0237. The largest absolute Gasteiger partial charge is 0.461 e. The molecule has 13 heteroatoms. The maximum Gasteiger partial charge on any atom is 0.339 e. The molecule has 7 N–H and O–H groups in total. The quantitative estimate of drug-likeness (QED) is 0.199. The van der Waals surface area contributed by atoms with Crippen molar-refractivity contribution in [3.8, 4) is 5.75 Å². The van der Waals surface area contributed by atoms with Crippen LogP contribution in [0.5, 0.6) is 5.75 Å². The van der Waals surface area contributed by atoms with E-state index in [-0.39, 0.29) is 11.3 Å². The van der Waals surface area contributed by atoms with Crippen molar-refractivity contribution in [1.29, 1.82) is 0 Å². The van der Waals surface area contributed by atoms with E-state index in [4.69, 9.17) is 23.4 Å². The molecule has 10 atom stereocenters. The summed E-state index contributed by atoms with van der Waals surface area (Å²) in [6.45, 7) is 0.334. The zero-order valence-electron chi connectivity index (χ0n) is 18.6. The number of benzene rings is 1. The Labute approximate surface area is 198 Å². The van der Waals surface area contributed by atoms with E-state index in [1.54, 1.807) is 25.1 Å². The summed E-state index contributed by atoms with van der Waals surface area (Å²) in [6, 6.07) is 6.05. The third-order valence-electron chi connectivity index (χ3n) is 6.14. The van der Waals surface area contributed by atoms with Gasteiger partial charge in [-0.2, -0.15) is 0 Å². The summed E-state index contributed by atoms with van der Waals surface area (Å²) in [5.41, 5.74) is 0.224. The van der Waals surface area contributed by atoms with Crippen LogP contribution in [0.15, 0.2) is 33.5 Å². The molecule has 194 valence electrons. The zero-order valence-corrected chi connectivity index (χ0v) is 18.6. The van der Waals surface area contributed by atoms with Gasteiger partial charge in [-0.05, 0) is 18.6 Å². The summed E-state index contributed by atoms with van der Waals surface area (Å²) in [7, 11) is 0. The third kappa shape index (κ3) is 4.93. The molecular formula is C22H28O13. The second-order valence-corrected chi connectivity index (χ2v) is 8.50. The highest BCUT2D eigenvalue weighted by Gasteiger charge is 2.51. The minimum absolute atomic E-state index is 0.0237. The molecule has 1 aromatic heterocycles. The van der Waals surface area contributed by atoms with Gasteiger partial charge in [0.15, 0.2) is 6.29 Å². The fourth-order valence-corrected chi connectivity index (χ4v) is 4.23. The van der Waals surface area contributed by atoms with Gasteiger partial charge in [0.2, 0.25) is 6.29 Å². The Morgan fingerprint density at radius 2 is 1.51 bits per heavy atom. The molecule has 3 heterocycles. The number of hydrogen-bond donors (Lipinski definition) is 7. The van der Waals surface area contributed by atoms with Crippen molar-refractivity contribution in [2.45, 2.75) is 68.3 Å². The topological polar surface area (TPSA) is 209 Å². The van der Waals surface area contributed by atoms with Crippen molar-refractivity contribution in [3.05, 3.63) is 40.2 Å². The molecule has 2 fully saturated rings. The maximum atomic E-state index is 12.0. The van der Waals surface area contributed by atoms with Gasteiger partial charge in [0.1, 0.15) is 60.2 Å². The molecule has 0 radical (unpaired) electrons. The Morgan fingerprint density at radius 1 is 0.857 bits per heavy atom. The number of aliphatic hydroxyl groups is 7. The lowest BCUT2D eigenvalue weighted by atomic mass is 9.97. The average molecular weight is 500 g/mol. The minimum Gasteiger partial charge on any atom is -0.461 e. The van der Waals surface area contributed by atoms with Gasteiger partial charge in [0, 0.05) is 0 Å². The van der Waals surface area contributed by atoms with Crippen LogP contribution in [0, 0.1) is 6.92 Å². The van der Waals surface area contributed by atoms with Crippen LogP contribution in [0.25, 0.3) is 11.0 Å². The summed E-state index contributed by atoms with van der Waals surface area (Å²) < 4.78 is 27.3. The lowest BCUT2D eigenvalue weighted by molar-refractivity contribution is -0.352. The fourth-order valence-electron chi connectivity index (χ4n) is 4.23. The molecule has 13 nitrogen and oxygen atoms in total. The normalized spacial score (nSPS) is 37.9. The monoisotopic (exact) mass is 500 g/mol. The zero-order chi connectivity index (χ0) is 25.4. The number of aliphatic hydroxyl groups excluding tert-OH is 7. The molecule has 1 aromatic carbocycles. The van der Waals surface area contributed by atoms with Crippen LogP contribution < -0.4 is 10.4 Å². The van der Waals surface area contributed by atoms with Gasteiger partial charge in [-0.25, -0.2) is 4.79 Å². The van der Waals surface area contributed by atoms with Gasteiger partial charge in [0.05, 0.1) is 24.7 Å². The molecule has 0 aliphatic carbocycles. The van der Waals surface area contributed by atoms with Crippen LogP contribution in [0.4, 0.5) is 0 Å². The number of hydrogen-bond acceptors (Lipinski definition) is 13. The van der Waals surface area contributed by atoms with Gasteiger partial charge in [-0.1, -0.05) is 12.1 Å². The van der Waals surface area contributed by atoms with E-state index in [0.717, 1.165) is 6.07 Å². The van der Waals surface area contributed by atoms with Gasteiger partial charge < -0.3 is 59.1 Å². The first-order chi connectivity index (χ1) is 16.7. The first-order valence-corrected chi connectivity index (χ1v) is 10.9. The molecular weight excluding hydrogens is 472 g/mol. The van der Waals surface area contributed by atoms with Crippen molar-refractivity contribution in [1.82, 2.24) is 0 Å². The van der Waals surface area contributed by atoms with E-state index >= 15 is 0 Å². The van der Waals surface area contributed by atoms with Crippen molar-refractivity contribution < 1.29 is 59.1 Å². The SMILES string of the molecule is Cc1cccc2oc(=O)cc(O[C@H]3O[C@H](CO)[C@@H](O[C@H]4O[C@H](CO)[C@@H](O)[C@H](O)[C@H]4O)[C@H](O)[C@H]3O)c12. The Morgan fingerprint density at radius 3 is 2.20 bits per heavy atom. The van der Waals surface area contributed by atoms with Crippen LogP contribution in [0.2, 0.25) is 0 Å². The summed E-state index contributed by atoms with van der Waals surface area (Å²) in [5, 5.41) is 71.1. The second-order valence-electron chi connectivity index (χ2n) is 8.50. The first kappa shape index (κ1) is 25.9. The van der Waals surface area contributed by atoms with Crippen molar-refractivity contribution in [3.63, 3.8) is 0 Å². The highest BCUT2D eigenvalue weighted by Crippen LogP contribution is 2.33. The Hall–Kier alpha value is -2.17. The van der Waals surface area contributed by atoms with Crippen LogP contribution in [-0.4, -0.2) is 110 Å². The van der Waals surface area contributed by atoms with Crippen molar-refractivity contribution in [2.24, 2.45) is 0 Å². The molecule has 2 aliphatic rings. The maximum absolute atomic E-state index is 12.0. The molecule has 0 saturated carbocycles. The first-order valence-electron chi connectivity index (χ1n) is 10.9. The van der Waals surface area contributed by atoms with E-state index < -0.39 is 80.3 Å². The van der Waals surface area contributed by atoms with Crippen LogP contribution >= 0.6 is 0 Å². The molecule has 2 saturated heterocycles. The van der Waals surface area contributed by atoms with E-state index in [2.05, 4.69) is 0 Å². The van der Waals surface area contributed by atoms with E-state index in [1.165, 1.54) is 0 Å². The smallest absolute Gasteiger partial charge is 0.339 e. The van der Waals surface area contributed by atoms with Crippen molar-refractivity contribution >= 4 is 11.0 Å². The molecule has 0 amide bonds. The number of rotatable bonds is 6. The lowest BCUT2D eigenvalue weighted by Gasteiger charge is -2.45. The Balaban J connectivity index is 1.55. The summed E-state index contributed by atoms with van der Waals surface area (Å²) >= 11 is 0. The van der Waals surface area contributed by atoms with E-state index in [9.17, 15) is 40.5 Å². The van der Waals surface area contributed by atoms with E-state index in [0.29, 0.717) is 10.9 Å². The molecule has 0 bridgehead atoms. The predicted molar refractivity (Wildman–Crippen MR) is 114 cm³/mol.